The minimum Gasteiger partial charge on any atom is -0.344 e. The minimum absolute atomic E-state index is 0.680. The van der Waals surface area contributed by atoms with Gasteiger partial charge in [-0.2, -0.15) is 0 Å². The maximum atomic E-state index is 3.23. The highest BCUT2D eigenvalue weighted by Gasteiger charge is 2.08. The number of hydrogen-bond acceptors (Lipinski definition) is 1. The van der Waals surface area contributed by atoms with E-state index in [1.54, 1.807) is 0 Å². The molecule has 0 bridgehead atoms. The molecule has 0 atom stereocenters. The Morgan fingerprint density at radius 3 is 2.71 bits per heavy atom. The molecule has 0 spiro atoms. The van der Waals surface area contributed by atoms with Crippen molar-refractivity contribution in [3.05, 3.63) is 36.0 Å². The Bertz CT molecular complexity index is 483. The third kappa shape index (κ3) is 2.70. The van der Waals surface area contributed by atoms with Crippen LogP contribution >= 0.6 is 0 Å². The largest absolute Gasteiger partial charge is 0.344 e. The number of fused-ring (bicyclic) bond motifs is 1. The van der Waals surface area contributed by atoms with Gasteiger partial charge in [0.2, 0.25) is 0 Å². The normalized spacial score (nSPS) is 11.5. The Kier molecular flexibility index (Phi) is 3.85. The van der Waals surface area contributed by atoms with Crippen molar-refractivity contribution in [3.8, 4) is 0 Å². The van der Waals surface area contributed by atoms with Gasteiger partial charge in [-0.1, -0.05) is 32.0 Å². The van der Waals surface area contributed by atoms with Crippen molar-refractivity contribution in [2.45, 2.75) is 26.8 Å². The Hall–Kier alpha value is -1.28. The van der Waals surface area contributed by atoms with E-state index in [0.717, 1.165) is 19.5 Å². The summed E-state index contributed by atoms with van der Waals surface area (Å²) in [6.45, 7) is 6.69. The Morgan fingerprint density at radius 2 is 2.00 bits per heavy atom. The lowest BCUT2D eigenvalue weighted by atomic mass is 10.2. The first-order chi connectivity index (χ1) is 8.22. The van der Waals surface area contributed by atoms with Crippen LogP contribution in [0.15, 0.2) is 30.3 Å². The standard InChI is InChI=1S/C15H22N2/c1-12(2)11-17-14(8-9-16-3)10-13-6-4-5-7-15(13)17/h4-7,10,12,16H,8-9,11H2,1-3H3. The van der Waals surface area contributed by atoms with E-state index in [2.05, 4.69) is 54.1 Å². The molecule has 0 aliphatic carbocycles. The lowest BCUT2D eigenvalue weighted by Crippen LogP contribution is -2.14. The van der Waals surface area contributed by atoms with Crippen LogP contribution in [0.2, 0.25) is 0 Å². The molecule has 0 fully saturated rings. The molecule has 2 nitrogen and oxygen atoms in total. The van der Waals surface area contributed by atoms with Crippen LogP contribution in [0.1, 0.15) is 19.5 Å². The molecule has 2 rings (SSSR count). The first-order valence-electron chi connectivity index (χ1n) is 6.44. The molecule has 0 aliphatic heterocycles. The van der Waals surface area contributed by atoms with E-state index in [0.29, 0.717) is 5.92 Å². The van der Waals surface area contributed by atoms with Gasteiger partial charge in [0, 0.05) is 30.7 Å². The third-order valence-corrected chi connectivity index (χ3v) is 3.08. The van der Waals surface area contributed by atoms with Crippen molar-refractivity contribution in [3.63, 3.8) is 0 Å². The molecule has 2 heteroatoms. The third-order valence-electron chi connectivity index (χ3n) is 3.08. The molecule has 0 unspecified atom stereocenters. The van der Waals surface area contributed by atoms with Gasteiger partial charge in [-0.15, -0.1) is 0 Å². The molecule has 92 valence electrons. The van der Waals surface area contributed by atoms with Crippen molar-refractivity contribution < 1.29 is 0 Å². The molecule has 1 aromatic heterocycles. The first kappa shape index (κ1) is 12.2. The number of hydrogen-bond donors (Lipinski definition) is 1. The number of nitrogens with one attached hydrogen (secondary N) is 1. The van der Waals surface area contributed by atoms with Crippen LogP contribution in [0.25, 0.3) is 10.9 Å². The summed E-state index contributed by atoms with van der Waals surface area (Å²) in [4.78, 5) is 0. The molecule has 0 amide bonds. The molecular weight excluding hydrogens is 208 g/mol. The van der Waals surface area contributed by atoms with Crippen LogP contribution < -0.4 is 5.32 Å². The molecule has 1 aromatic carbocycles. The maximum absolute atomic E-state index is 3.23. The predicted molar refractivity (Wildman–Crippen MR) is 74.4 cm³/mol. The zero-order chi connectivity index (χ0) is 12.3. The van der Waals surface area contributed by atoms with Crippen molar-refractivity contribution in [2.24, 2.45) is 5.92 Å². The van der Waals surface area contributed by atoms with E-state index in [1.165, 1.54) is 16.6 Å². The molecule has 1 heterocycles. The first-order valence-corrected chi connectivity index (χ1v) is 6.44. The molecule has 0 aliphatic rings. The summed E-state index contributed by atoms with van der Waals surface area (Å²) < 4.78 is 2.47. The average molecular weight is 230 g/mol. The van der Waals surface area contributed by atoms with Crippen molar-refractivity contribution in [2.75, 3.05) is 13.6 Å². The molecule has 1 N–H and O–H groups in total. The van der Waals surface area contributed by atoms with Crippen molar-refractivity contribution in [1.29, 1.82) is 0 Å². The fourth-order valence-corrected chi connectivity index (χ4v) is 2.31. The Labute approximate surface area is 104 Å². The van der Waals surface area contributed by atoms with Gasteiger partial charge in [0.1, 0.15) is 0 Å². The van der Waals surface area contributed by atoms with Crippen LogP contribution in [0, 0.1) is 5.92 Å². The van der Waals surface area contributed by atoms with Gasteiger partial charge in [-0.05, 0) is 30.5 Å². The number of rotatable bonds is 5. The van der Waals surface area contributed by atoms with E-state index in [1.807, 2.05) is 7.05 Å². The lowest BCUT2D eigenvalue weighted by molar-refractivity contribution is 0.520. The fraction of sp³-hybridized carbons (Fsp3) is 0.467. The van der Waals surface area contributed by atoms with Gasteiger partial charge in [-0.3, -0.25) is 0 Å². The van der Waals surface area contributed by atoms with Gasteiger partial charge in [0.15, 0.2) is 0 Å². The van der Waals surface area contributed by atoms with E-state index in [9.17, 15) is 0 Å². The van der Waals surface area contributed by atoms with E-state index in [4.69, 9.17) is 0 Å². The van der Waals surface area contributed by atoms with Gasteiger partial charge in [-0.25, -0.2) is 0 Å². The highest BCUT2D eigenvalue weighted by molar-refractivity contribution is 5.81. The smallest absolute Gasteiger partial charge is 0.0482 e. The number of likely N-dealkylation sites (N-methyl/N-ethyl adjacent to an activating group) is 1. The molecule has 0 saturated carbocycles. The van der Waals surface area contributed by atoms with Crippen LogP contribution in [0.5, 0.6) is 0 Å². The number of nitrogens with zero attached hydrogens (tertiary/aromatic N) is 1. The summed E-state index contributed by atoms with van der Waals surface area (Å²) in [5.41, 5.74) is 2.81. The molecular formula is C15H22N2. The van der Waals surface area contributed by atoms with Crippen LogP contribution in [0.4, 0.5) is 0 Å². The van der Waals surface area contributed by atoms with Gasteiger partial charge in [0.05, 0.1) is 0 Å². The summed E-state index contributed by atoms with van der Waals surface area (Å²) in [6.07, 6.45) is 1.10. The zero-order valence-corrected chi connectivity index (χ0v) is 11.0. The average Bonchev–Trinajstić information content (AvgIpc) is 2.64. The number of aromatic nitrogens is 1. The predicted octanol–water partition coefficient (Wildman–Crippen LogP) is 3.06. The van der Waals surface area contributed by atoms with E-state index < -0.39 is 0 Å². The highest BCUT2D eigenvalue weighted by Crippen LogP contribution is 2.21. The summed E-state index contributed by atoms with van der Waals surface area (Å²) in [6, 6.07) is 11.0. The molecule has 0 saturated heterocycles. The topological polar surface area (TPSA) is 17.0 Å². The Morgan fingerprint density at radius 1 is 1.24 bits per heavy atom. The Balaban J connectivity index is 2.41. The van der Waals surface area contributed by atoms with Gasteiger partial charge in [0.25, 0.3) is 0 Å². The van der Waals surface area contributed by atoms with Crippen molar-refractivity contribution >= 4 is 10.9 Å². The summed E-state index contributed by atoms with van der Waals surface area (Å²) in [5.74, 6) is 0.680. The molecule has 17 heavy (non-hydrogen) atoms. The molecule has 2 aromatic rings. The highest BCUT2D eigenvalue weighted by atomic mass is 15.0. The van der Waals surface area contributed by atoms with Gasteiger partial charge < -0.3 is 9.88 Å². The SMILES string of the molecule is CNCCc1cc2ccccc2n1CC(C)C. The van der Waals surface area contributed by atoms with Crippen LogP contribution in [-0.4, -0.2) is 18.2 Å². The zero-order valence-electron chi connectivity index (χ0n) is 11.0. The number of para-hydroxylation sites is 1. The second kappa shape index (κ2) is 5.37. The van der Waals surface area contributed by atoms with Gasteiger partial charge >= 0.3 is 0 Å². The van der Waals surface area contributed by atoms with E-state index in [-0.39, 0.29) is 0 Å². The fourth-order valence-electron chi connectivity index (χ4n) is 2.31. The quantitative estimate of drug-likeness (QED) is 0.835. The lowest BCUT2D eigenvalue weighted by Gasteiger charge is -2.13. The van der Waals surface area contributed by atoms with Crippen LogP contribution in [-0.2, 0) is 13.0 Å². The van der Waals surface area contributed by atoms with Crippen molar-refractivity contribution in [1.82, 2.24) is 9.88 Å². The second-order valence-corrected chi connectivity index (χ2v) is 5.05. The maximum Gasteiger partial charge on any atom is 0.0482 e. The summed E-state index contributed by atoms with van der Waals surface area (Å²) in [7, 11) is 2.01. The second-order valence-electron chi connectivity index (χ2n) is 5.05. The molecule has 0 radical (unpaired) electrons. The minimum atomic E-state index is 0.680. The summed E-state index contributed by atoms with van der Waals surface area (Å²) >= 11 is 0. The monoisotopic (exact) mass is 230 g/mol. The number of benzene rings is 1. The summed E-state index contributed by atoms with van der Waals surface area (Å²) in [5, 5.41) is 4.59. The van der Waals surface area contributed by atoms with Crippen LogP contribution in [0.3, 0.4) is 0 Å². The van der Waals surface area contributed by atoms with E-state index >= 15 is 0 Å².